The molecule has 0 unspecified atom stereocenters. The number of nitrogens with one attached hydrogen (secondary N) is 1. The van der Waals surface area contributed by atoms with E-state index in [1.54, 1.807) is 19.2 Å². The van der Waals surface area contributed by atoms with Crippen molar-refractivity contribution >= 4 is 5.57 Å². The van der Waals surface area contributed by atoms with E-state index < -0.39 is 0 Å². The maximum absolute atomic E-state index is 14.0. The molecule has 0 aliphatic carbocycles. The normalized spacial score (nSPS) is 16.8. The Bertz CT molecular complexity index is 805. The Labute approximate surface area is 141 Å². The van der Waals surface area contributed by atoms with Crippen molar-refractivity contribution in [1.82, 2.24) is 5.32 Å². The van der Waals surface area contributed by atoms with Gasteiger partial charge in [-0.1, -0.05) is 11.6 Å². The fourth-order valence-corrected chi connectivity index (χ4v) is 3.54. The third kappa shape index (κ3) is 2.67. The predicted molar refractivity (Wildman–Crippen MR) is 91.9 cm³/mol. The summed E-state index contributed by atoms with van der Waals surface area (Å²) in [4.78, 5) is 0. The number of hydrogen-bond acceptors (Lipinski definition) is 3. The Balaban J connectivity index is 1.96. The maximum atomic E-state index is 14.0. The lowest BCUT2D eigenvalue weighted by Gasteiger charge is -2.22. The molecule has 1 saturated heterocycles. The summed E-state index contributed by atoms with van der Waals surface area (Å²) in [7, 11) is 1.66. The van der Waals surface area contributed by atoms with E-state index >= 15 is 0 Å². The molecular weight excluding hydrogens is 305 g/mol. The number of methoxy groups -OCH3 is 1. The first-order chi connectivity index (χ1) is 11.8. The lowest BCUT2D eigenvalue weighted by molar-refractivity contribution is 0.306. The van der Waals surface area contributed by atoms with Crippen LogP contribution in [0.3, 0.4) is 0 Å². The van der Waals surface area contributed by atoms with Gasteiger partial charge in [0.15, 0.2) is 0 Å². The summed E-state index contributed by atoms with van der Waals surface area (Å²) in [6, 6.07) is 10.8. The van der Waals surface area contributed by atoms with Crippen molar-refractivity contribution in [3.63, 3.8) is 0 Å². The van der Waals surface area contributed by atoms with Gasteiger partial charge in [0.25, 0.3) is 0 Å². The molecule has 2 heterocycles. The van der Waals surface area contributed by atoms with Crippen LogP contribution in [0.4, 0.5) is 4.39 Å². The fourth-order valence-electron chi connectivity index (χ4n) is 3.54. The topological polar surface area (TPSA) is 30.5 Å². The molecule has 24 heavy (non-hydrogen) atoms. The third-order valence-corrected chi connectivity index (χ3v) is 4.74. The van der Waals surface area contributed by atoms with Crippen molar-refractivity contribution in [3.8, 4) is 11.5 Å². The van der Waals surface area contributed by atoms with Crippen LogP contribution in [-0.2, 0) is 6.61 Å². The first kappa shape index (κ1) is 15.2. The number of hydrogen-bond donors (Lipinski definition) is 1. The van der Waals surface area contributed by atoms with Crippen LogP contribution >= 0.6 is 0 Å². The van der Waals surface area contributed by atoms with Crippen LogP contribution < -0.4 is 14.8 Å². The molecule has 0 radical (unpaired) electrons. The van der Waals surface area contributed by atoms with E-state index in [9.17, 15) is 4.39 Å². The summed E-state index contributed by atoms with van der Waals surface area (Å²) in [6.45, 7) is 2.37. The Hall–Kier alpha value is -2.33. The van der Waals surface area contributed by atoms with Crippen LogP contribution in [0.1, 0.15) is 29.5 Å². The smallest absolute Gasteiger partial charge is 0.127 e. The van der Waals surface area contributed by atoms with E-state index in [-0.39, 0.29) is 5.82 Å². The minimum absolute atomic E-state index is 0.235. The molecule has 0 aromatic heterocycles. The maximum Gasteiger partial charge on any atom is 0.127 e. The Kier molecular flexibility index (Phi) is 3.98. The molecule has 1 N–H and O–H groups in total. The fraction of sp³-hybridized carbons (Fsp3) is 0.300. The molecule has 4 heteroatoms. The largest absolute Gasteiger partial charge is 0.497 e. The average molecular weight is 325 g/mol. The van der Waals surface area contributed by atoms with Crippen molar-refractivity contribution in [2.75, 3.05) is 20.2 Å². The van der Waals surface area contributed by atoms with Crippen LogP contribution in [-0.4, -0.2) is 20.2 Å². The number of fused-ring (bicyclic) bond motifs is 2. The van der Waals surface area contributed by atoms with Gasteiger partial charge in [-0.15, -0.1) is 0 Å². The van der Waals surface area contributed by atoms with Gasteiger partial charge < -0.3 is 14.8 Å². The highest BCUT2D eigenvalue weighted by molar-refractivity contribution is 5.87. The van der Waals surface area contributed by atoms with Crippen LogP contribution in [0.15, 0.2) is 42.0 Å². The highest BCUT2D eigenvalue weighted by atomic mass is 19.1. The summed E-state index contributed by atoms with van der Waals surface area (Å²) >= 11 is 0. The molecule has 2 aromatic carbocycles. The molecule has 1 fully saturated rings. The zero-order valence-corrected chi connectivity index (χ0v) is 13.7. The molecule has 0 saturated carbocycles. The second-order valence-electron chi connectivity index (χ2n) is 6.18. The minimum atomic E-state index is -0.235. The zero-order valence-electron chi connectivity index (χ0n) is 13.7. The van der Waals surface area contributed by atoms with Crippen LogP contribution in [0.5, 0.6) is 11.5 Å². The van der Waals surface area contributed by atoms with Gasteiger partial charge in [0.05, 0.1) is 7.11 Å². The molecule has 0 atom stereocenters. The van der Waals surface area contributed by atoms with Crippen LogP contribution in [0.2, 0.25) is 0 Å². The highest BCUT2D eigenvalue weighted by Crippen LogP contribution is 2.41. The van der Waals surface area contributed by atoms with E-state index in [1.807, 2.05) is 12.1 Å². The van der Waals surface area contributed by atoms with Crippen molar-refractivity contribution in [2.24, 2.45) is 0 Å². The standard InChI is InChI=1S/C20H20FNO2/c1-23-16-3-4-17-14(10-16)12-24-19-5-2-15(21)11-18(19)20(17)13-6-8-22-9-7-13/h2-5,10-11,22H,6-9,12H2,1H3. The number of halogens is 1. The van der Waals surface area contributed by atoms with E-state index in [2.05, 4.69) is 11.4 Å². The molecule has 2 aromatic rings. The van der Waals surface area contributed by atoms with Crippen molar-refractivity contribution in [3.05, 3.63) is 64.5 Å². The quantitative estimate of drug-likeness (QED) is 0.862. The summed E-state index contributed by atoms with van der Waals surface area (Å²) in [6.07, 6.45) is 1.94. The van der Waals surface area contributed by atoms with Crippen molar-refractivity contribution < 1.29 is 13.9 Å². The highest BCUT2D eigenvalue weighted by Gasteiger charge is 2.24. The lowest BCUT2D eigenvalue weighted by Crippen LogP contribution is -2.24. The van der Waals surface area contributed by atoms with Crippen LogP contribution in [0.25, 0.3) is 5.57 Å². The van der Waals surface area contributed by atoms with Gasteiger partial charge in [-0.3, -0.25) is 0 Å². The molecule has 0 spiro atoms. The number of benzene rings is 2. The van der Waals surface area contributed by atoms with E-state index in [1.165, 1.54) is 11.6 Å². The van der Waals surface area contributed by atoms with Gasteiger partial charge in [0.2, 0.25) is 0 Å². The van der Waals surface area contributed by atoms with Gasteiger partial charge in [-0.25, -0.2) is 4.39 Å². The van der Waals surface area contributed by atoms with Gasteiger partial charge in [-0.2, -0.15) is 0 Å². The summed E-state index contributed by atoms with van der Waals surface area (Å²) in [5.74, 6) is 1.32. The zero-order chi connectivity index (χ0) is 16.5. The summed E-state index contributed by atoms with van der Waals surface area (Å²) in [5, 5.41) is 3.39. The lowest BCUT2D eigenvalue weighted by atomic mass is 9.87. The van der Waals surface area contributed by atoms with Gasteiger partial charge >= 0.3 is 0 Å². The number of ether oxygens (including phenoxy) is 2. The van der Waals surface area contributed by atoms with Gasteiger partial charge in [0, 0.05) is 11.1 Å². The molecule has 0 amide bonds. The molecule has 2 aliphatic heterocycles. The molecular formula is C20H20FNO2. The Morgan fingerprint density at radius 1 is 1.04 bits per heavy atom. The minimum Gasteiger partial charge on any atom is -0.497 e. The van der Waals surface area contributed by atoms with Crippen molar-refractivity contribution in [2.45, 2.75) is 19.4 Å². The molecule has 2 aliphatic rings. The van der Waals surface area contributed by atoms with E-state index in [4.69, 9.17) is 9.47 Å². The third-order valence-electron chi connectivity index (χ3n) is 4.74. The summed E-state index contributed by atoms with van der Waals surface area (Å²) in [5.41, 5.74) is 5.54. The van der Waals surface area contributed by atoms with Gasteiger partial charge in [-0.05, 0) is 67.4 Å². The van der Waals surface area contributed by atoms with Crippen molar-refractivity contribution in [1.29, 1.82) is 0 Å². The molecule has 3 nitrogen and oxygen atoms in total. The Morgan fingerprint density at radius 2 is 1.88 bits per heavy atom. The van der Waals surface area contributed by atoms with Gasteiger partial charge in [0.1, 0.15) is 23.9 Å². The second kappa shape index (κ2) is 6.29. The van der Waals surface area contributed by atoms with E-state index in [0.29, 0.717) is 6.61 Å². The monoisotopic (exact) mass is 325 g/mol. The van der Waals surface area contributed by atoms with E-state index in [0.717, 1.165) is 59.7 Å². The summed E-state index contributed by atoms with van der Waals surface area (Å²) < 4.78 is 25.3. The predicted octanol–water partition coefficient (Wildman–Crippen LogP) is 3.91. The number of piperidine rings is 1. The molecule has 4 rings (SSSR count). The molecule has 0 bridgehead atoms. The van der Waals surface area contributed by atoms with Crippen LogP contribution in [0, 0.1) is 5.82 Å². The second-order valence-corrected chi connectivity index (χ2v) is 6.18. The molecule has 124 valence electrons. The average Bonchev–Trinajstić information content (AvgIpc) is 2.78. The first-order valence-corrected chi connectivity index (χ1v) is 8.29. The Morgan fingerprint density at radius 3 is 2.67 bits per heavy atom. The first-order valence-electron chi connectivity index (χ1n) is 8.29. The SMILES string of the molecule is COc1ccc2c(c1)COc1ccc(F)cc1C2=C1CCNCC1. The number of rotatable bonds is 1.